The number of carbonyl (C=O) groups excluding carboxylic acids is 1. The molecule has 1 saturated carbocycles. The predicted molar refractivity (Wildman–Crippen MR) is 94.4 cm³/mol. The number of aliphatic carboxylic acids is 1. The largest absolute Gasteiger partial charge is 0.481 e. The lowest BCUT2D eigenvalue weighted by molar-refractivity contribution is -0.138. The fraction of sp³-hybridized carbons (Fsp3) is 0.529. The highest BCUT2D eigenvalue weighted by Crippen LogP contribution is 2.33. The molecule has 0 bridgehead atoms. The van der Waals surface area contributed by atoms with Crippen molar-refractivity contribution in [2.75, 3.05) is 20.3 Å². The van der Waals surface area contributed by atoms with Crippen LogP contribution in [-0.4, -0.2) is 51.2 Å². The van der Waals surface area contributed by atoms with Crippen molar-refractivity contribution in [2.45, 2.75) is 42.5 Å². The van der Waals surface area contributed by atoms with Gasteiger partial charge >= 0.3 is 5.97 Å². The molecular weight excluding hydrogens is 360 g/mol. The number of carboxylic acid groups (broad SMARTS) is 1. The van der Waals surface area contributed by atoms with Gasteiger partial charge in [-0.25, -0.2) is 13.1 Å². The topological polar surface area (TPSA) is 122 Å². The van der Waals surface area contributed by atoms with E-state index >= 15 is 0 Å². The quantitative estimate of drug-likeness (QED) is 0.549. The SMILES string of the molecule is COCCNS(=O)(=O)c1cccc(C(=O)NC2(CC(=O)O)CCCC2)c1. The first-order chi connectivity index (χ1) is 12.3. The van der Waals surface area contributed by atoms with Crippen LogP contribution in [0.4, 0.5) is 0 Å². The fourth-order valence-corrected chi connectivity index (χ4v) is 4.22. The lowest BCUT2D eigenvalue weighted by Crippen LogP contribution is -2.47. The van der Waals surface area contributed by atoms with Gasteiger partial charge in [0.15, 0.2) is 0 Å². The molecule has 1 fully saturated rings. The van der Waals surface area contributed by atoms with Crippen molar-refractivity contribution in [1.82, 2.24) is 10.0 Å². The highest BCUT2D eigenvalue weighted by atomic mass is 32.2. The van der Waals surface area contributed by atoms with Crippen LogP contribution in [0.25, 0.3) is 0 Å². The molecule has 2 rings (SSSR count). The van der Waals surface area contributed by atoms with Gasteiger partial charge in [0, 0.05) is 19.2 Å². The van der Waals surface area contributed by atoms with Crippen LogP contribution in [-0.2, 0) is 19.6 Å². The standard InChI is InChI=1S/C17H24N2O6S/c1-25-10-9-18-26(23,24)14-6-4-5-13(11-14)16(22)19-17(12-15(20)21)7-2-3-8-17/h4-6,11,18H,2-3,7-10,12H2,1H3,(H,19,22)(H,20,21). The Labute approximate surface area is 153 Å². The van der Waals surface area contributed by atoms with E-state index in [9.17, 15) is 18.0 Å². The summed E-state index contributed by atoms with van der Waals surface area (Å²) in [4.78, 5) is 23.7. The van der Waals surface area contributed by atoms with Gasteiger partial charge in [0.05, 0.1) is 23.5 Å². The summed E-state index contributed by atoms with van der Waals surface area (Å²) in [5.41, 5.74) is -0.592. The normalized spacial score (nSPS) is 16.3. The van der Waals surface area contributed by atoms with Crippen LogP contribution in [0.3, 0.4) is 0 Å². The molecule has 1 aromatic rings. The highest BCUT2D eigenvalue weighted by molar-refractivity contribution is 7.89. The molecule has 1 aromatic carbocycles. The van der Waals surface area contributed by atoms with Gasteiger partial charge in [-0.2, -0.15) is 0 Å². The Balaban J connectivity index is 2.16. The molecule has 0 atom stereocenters. The van der Waals surface area contributed by atoms with Crippen LogP contribution in [0, 0.1) is 0 Å². The molecule has 1 aliphatic rings. The monoisotopic (exact) mass is 384 g/mol. The van der Waals surface area contributed by atoms with E-state index in [1.807, 2.05) is 0 Å². The summed E-state index contributed by atoms with van der Waals surface area (Å²) < 4.78 is 31.7. The van der Waals surface area contributed by atoms with Gasteiger partial charge < -0.3 is 15.2 Å². The number of carboxylic acids is 1. The Hall–Kier alpha value is -1.97. The van der Waals surface area contributed by atoms with Crippen LogP contribution >= 0.6 is 0 Å². The zero-order chi connectivity index (χ0) is 19.2. The third-order valence-electron chi connectivity index (χ3n) is 4.43. The number of carbonyl (C=O) groups is 2. The molecule has 8 nitrogen and oxygen atoms in total. The summed E-state index contributed by atoms with van der Waals surface area (Å²) in [6.45, 7) is 0.355. The summed E-state index contributed by atoms with van der Waals surface area (Å²) in [5.74, 6) is -1.44. The van der Waals surface area contributed by atoms with Gasteiger partial charge in [0.1, 0.15) is 0 Å². The van der Waals surface area contributed by atoms with Crippen molar-refractivity contribution in [3.63, 3.8) is 0 Å². The van der Waals surface area contributed by atoms with Gasteiger partial charge in [-0.3, -0.25) is 9.59 Å². The van der Waals surface area contributed by atoms with Crippen molar-refractivity contribution in [3.05, 3.63) is 29.8 Å². The Bertz CT molecular complexity index is 756. The van der Waals surface area contributed by atoms with Crippen LogP contribution < -0.4 is 10.0 Å². The maximum absolute atomic E-state index is 12.6. The van der Waals surface area contributed by atoms with Crippen molar-refractivity contribution in [2.24, 2.45) is 0 Å². The van der Waals surface area contributed by atoms with Gasteiger partial charge in [-0.05, 0) is 31.0 Å². The number of nitrogens with one attached hydrogen (secondary N) is 2. The van der Waals surface area contributed by atoms with E-state index < -0.39 is 27.4 Å². The molecule has 0 heterocycles. The molecule has 1 aliphatic carbocycles. The van der Waals surface area contributed by atoms with Crippen molar-refractivity contribution in [3.8, 4) is 0 Å². The molecule has 26 heavy (non-hydrogen) atoms. The van der Waals surface area contributed by atoms with Crippen molar-refractivity contribution < 1.29 is 27.9 Å². The maximum atomic E-state index is 12.6. The van der Waals surface area contributed by atoms with E-state index in [2.05, 4.69) is 10.0 Å². The minimum Gasteiger partial charge on any atom is -0.481 e. The molecule has 144 valence electrons. The van der Waals surface area contributed by atoms with E-state index in [4.69, 9.17) is 9.84 Å². The molecule has 0 radical (unpaired) electrons. The first kappa shape index (κ1) is 20.3. The summed E-state index contributed by atoms with van der Waals surface area (Å²) in [6.07, 6.45) is 2.76. The van der Waals surface area contributed by atoms with Crippen LogP contribution in [0.1, 0.15) is 42.5 Å². The Morgan fingerprint density at radius 1 is 1.27 bits per heavy atom. The van der Waals surface area contributed by atoms with Crippen molar-refractivity contribution >= 4 is 21.9 Å². The summed E-state index contributed by atoms with van der Waals surface area (Å²) >= 11 is 0. The van der Waals surface area contributed by atoms with Gasteiger partial charge in [-0.15, -0.1) is 0 Å². The van der Waals surface area contributed by atoms with Crippen LogP contribution in [0.2, 0.25) is 0 Å². The number of hydrogen-bond donors (Lipinski definition) is 3. The molecule has 3 N–H and O–H groups in total. The molecule has 0 spiro atoms. The number of methoxy groups -OCH3 is 1. The Morgan fingerprint density at radius 3 is 2.58 bits per heavy atom. The minimum absolute atomic E-state index is 0.0278. The van der Waals surface area contributed by atoms with Gasteiger partial charge in [0.2, 0.25) is 10.0 Å². The second-order valence-electron chi connectivity index (χ2n) is 6.43. The Kier molecular flexibility index (Phi) is 6.74. The number of ether oxygens (including phenoxy) is 1. The molecule has 1 amide bonds. The number of sulfonamides is 1. The molecule has 0 aromatic heterocycles. The zero-order valence-corrected chi connectivity index (χ0v) is 15.5. The average molecular weight is 384 g/mol. The second kappa shape index (κ2) is 8.61. The fourth-order valence-electron chi connectivity index (χ4n) is 3.17. The first-order valence-electron chi connectivity index (χ1n) is 8.41. The predicted octanol–water partition coefficient (Wildman–Crippen LogP) is 1.13. The first-order valence-corrected chi connectivity index (χ1v) is 9.89. The third-order valence-corrected chi connectivity index (χ3v) is 5.89. The highest BCUT2D eigenvalue weighted by Gasteiger charge is 2.37. The number of rotatable bonds is 9. The van der Waals surface area contributed by atoms with E-state index in [0.29, 0.717) is 12.8 Å². The average Bonchev–Trinajstić information content (AvgIpc) is 3.02. The number of amides is 1. The van der Waals surface area contributed by atoms with Crippen LogP contribution in [0.5, 0.6) is 0 Å². The summed E-state index contributed by atoms with van der Waals surface area (Å²) in [7, 11) is -2.29. The molecule has 0 unspecified atom stereocenters. The van der Waals surface area contributed by atoms with E-state index in [-0.39, 0.29) is 30.0 Å². The van der Waals surface area contributed by atoms with E-state index in [0.717, 1.165) is 12.8 Å². The summed E-state index contributed by atoms with van der Waals surface area (Å²) in [6, 6.07) is 5.67. The number of benzene rings is 1. The Morgan fingerprint density at radius 2 is 1.96 bits per heavy atom. The smallest absolute Gasteiger partial charge is 0.305 e. The van der Waals surface area contributed by atoms with E-state index in [1.54, 1.807) is 0 Å². The van der Waals surface area contributed by atoms with Gasteiger partial charge in [-0.1, -0.05) is 18.9 Å². The molecular formula is C17H24N2O6S. The van der Waals surface area contributed by atoms with E-state index in [1.165, 1.54) is 31.4 Å². The number of hydrogen-bond acceptors (Lipinski definition) is 5. The maximum Gasteiger partial charge on any atom is 0.305 e. The molecule has 9 heteroatoms. The third kappa shape index (κ3) is 5.26. The second-order valence-corrected chi connectivity index (χ2v) is 8.20. The lowest BCUT2D eigenvalue weighted by atomic mass is 9.92. The minimum atomic E-state index is -3.75. The summed E-state index contributed by atoms with van der Waals surface area (Å²) in [5, 5.41) is 11.9. The van der Waals surface area contributed by atoms with Crippen molar-refractivity contribution in [1.29, 1.82) is 0 Å². The van der Waals surface area contributed by atoms with Crippen LogP contribution in [0.15, 0.2) is 29.2 Å². The lowest BCUT2D eigenvalue weighted by Gasteiger charge is -2.28. The molecule has 0 aliphatic heterocycles. The zero-order valence-electron chi connectivity index (χ0n) is 14.7. The van der Waals surface area contributed by atoms with Gasteiger partial charge in [0.25, 0.3) is 5.91 Å². The molecule has 0 saturated heterocycles.